The maximum Gasteiger partial charge on any atom is 0.247 e. The largest absolute Gasteiger partial charge is 0.290 e. The van der Waals surface area contributed by atoms with E-state index in [0.717, 1.165) is 65.0 Å². The highest BCUT2D eigenvalue weighted by Crippen LogP contribution is 2.29. The maximum absolute atomic E-state index is 13.5. The number of benzene rings is 4. The molecule has 0 aliphatic carbocycles. The van der Waals surface area contributed by atoms with E-state index in [0.29, 0.717) is 6.54 Å². The number of halogens is 1. The fraction of sp³-hybridized carbons (Fsp3) is 0.267. The molecule has 0 aromatic heterocycles. The summed E-state index contributed by atoms with van der Waals surface area (Å²) in [6.45, 7) is 5.67. The van der Waals surface area contributed by atoms with E-state index in [2.05, 4.69) is 39.8 Å². The highest BCUT2D eigenvalue weighted by molar-refractivity contribution is 6.51. The number of hydrogen-bond donors (Lipinski definition) is 0. The van der Waals surface area contributed by atoms with E-state index in [1.807, 2.05) is 44.4 Å². The average Bonchev–Trinajstić information content (AvgIpc) is 3.37. The van der Waals surface area contributed by atoms with Gasteiger partial charge in [-0.3, -0.25) is 14.3 Å². The van der Waals surface area contributed by atoms with Crippen LogP contribution in [0.1, 0.15) is 29.6 Å². The quantitative estimate of drug-likeness (QED) is 0.177. The van der Waals surface area contributed by atoms with E-state index in [4.69, 9.17) is 0 Å². The summed E-state index contributed by atoms with van der Waals surface area (Å²) in [5, 5.41) is 4.43. The summed E-state index contributed by atoms with van der Waals surface area (Å²) in [6, 6.07) is 25.2. The van der Waals surface area contributed by atoms with Crippen LogP contribution in [0.5, 0.6) is 0 Å². The van der Waals surface area contributed by atoms with E-state index in [1.165, 1.54) is 24.4 Å². The predicted molar refractivity (Wildman–Crippen MR) is 144 cm³/mol. The van der Waals surface area contributed by atoms with Crippen LogP contribution in [0.3, 0.4) is 0 Å². The van der Waals surface area contributed by atoms with E-state index in [9.17, 15) is 9.18 Å². The number of carbonyl (C=O) groups is 1. The van der Waals surface area contributed by atoms with Gasteiger partial charge >= 0.3 is 0 Å². The van der Waals surface area contributed by atoms with Crippen molar-refractivity contribution in [2.24, 2.45) is 0 Å². The minimum atomic E-state index is -0.175. The van der Waals surface area contributed by atoms with Gasteiger partial charge in [0.1, 0.15) is 19.6 Å². The van der Waals surface area contributed by atoms with E-state index < -0.39 is 0 Å². The number of fused-ring (bicyclic) bond motifs is 2. The molecule has 0 N–H and O–H groups in total. The molecule has 2 aliphatic rings. The van der Waals surface area contributed by atoms with Crippen LogP contribution in [0.4, 0.5) is 4.39 Å². The zero-order valence-corrected chi connectivity index (χ0v) is 20.2. The van der Waals surface area contributed by atoms with E-state index in [-0.39, 0.29) is 11.6 Å². The summed E-state index contributed by atoms with van der Waals surface area (Å²) in [5.41, 5.74) is 1.81. The number of carbonyl (C=O) groups excluding carboxylic acids is 1. The Labute approximate surface area is 207 Å². The highest BCUT2D eigenvalue weighted by atomic mass is 19.1. The Morgan fingerprint density at radius 3 is 2.26 bits per heavy atom. The second kappa shape index (κ2) is 10.4. The standard InChI is InChI=1S/C23H23N2O.C7H7BF/c26-21(16-25-14-6-13-24-12-5-11-22(24)25)23-19-9-3-1-7-17(19)15-18-8-2-4-10-20(18)23;1-8-6-3-2-4-7(9)5-6/h1-4,7-10,15H,5-6,11-14,16H2;2-5H,1H3/q+1;. The molecule has 2 heterocycles. The number of nitrogens with zero attached hydrogens (tertiary/aromatic N) is 2. The van der Waals surface area contributed by atoms with E-state index >= 15 is 0 Å². The minimum Gasteiger partial charge on any atom is -0.290 e. The molecular formula is C30H30BFN2O+. The summed E-state index contributed by atoms with van der Waals surface area (Å²) in [6.07, 6.45) is 3.48. The minimum absolute atomic E-state index is 0.175. The smallest absolute Gasteiger partial charge is 0.247 e. The zero-order valence-electron chi connectivity index (χ0n) is 20.2. The third kappa shape index (κ3) is 5.00. The van der Waals surface area contributed by atoms with Gasteiger partial charge in [0.05, 0.1) is 26.1 Å². The summed E-state index contributed by atoms with van der Waals surface area (Å²) in [4.78, 5) is 15.8. The van der Waals surface area contributed by atoms with Crippen molar-refractivity contribution in [2.75, 3.05) is 26.2 Å². The maximum atomic E-state index is 13.5. The number of hydrogen-bond acceptors (Lipinski definition) is 2. The van der Waals surface area contributed by atoms with E-state index in [1.54, 1.807) is 6.07 Å². The second-order valence-electron chi connectivity index (χ2n) is 9.24. The first-order chi connectivity index (χ1) is 17.1. The van der Waals surface area contributed by atoms with Crippen LogP contribution in [0.15, 0.2) is 78.9 Å². The van der Waals surface area contributed by atoms with Crippen LogP contribution < -0.4 is 5.46 Å². The Morgan fingerprint density at radius 2 is 1.60 bits per heavy atom. The molecule has 0 unspecified atom stereocenters. The van der Waals surface area contributed by atoms with Gasteiger partial charge in [0.15, 0.2) is 0 Å². The van der Waals surface area contributed by atoms with Crippen LogP contribution in [-0.4, -0.2) is 54.6 Å². The van der Waals surface area contributed by atoms with Gasteiger partial charge in [-0.25, -0.2) is 4.39 Å². The number of ketones is 1. The number of Topliss-reactive ketones (excluding diaryl/α,β-unsaturated/α-hetero) is 1. The van der Waals surface area contributed by atoms with Crippen LogP contribution in [0.25, 0.3) is 21.5 Å². The lowest BCUT2D eigenvalue weighted by Crippen LogP contribution is -2.43. The molecule has 0 atom stereocenters. The normalized spacial score (nSPS) is 15.1. The summed E-state index contributed by atoms with van der Waals surface area (Å²) >= 11 is 0. The lowest BCUT2D eigenvalue weighted by atomic mass is 9.73. The molecule has 2 aliphatic heterocycles. The molecule has 3 nitrogen and oxygen atoms in total. The molecule has 4 aromatic carbocycles. The Balaban J connectivity index is 0.000000239. The van der Waals surface area contributed by atoms with Crippen molar-refractivity contribution in [3.8, 4) is 0 Å². The van der Waals surface area contributed by atoms with Crippen molar-refractivity contribution in [2.45, 2.75) is 26.1 Å². The van der Waals surface area contributed by atoms with Crippen LogP contribution in [0.2, 0.25) is 6.82 Å². The van der Waals surface area contributed by atoms with Gasteiger partial charge in [0, 0.05) is 12.0 Å². The first kappa shape index (κ1) is 23.3. The number of amidine groups is 1. The third-order valence-electron chi connectivity index (χ3n) is 6.98. The highest BCUT2D eigenvalue weighted by Gasteiger charge is 2.33. The average molecular weight is 464 g/mol. The lowest BCUT2D eigenvalue weighted by molar-refractivity contribution is -0.529. The third-order valence-corrected chi connectivity index (χ3v) is 6.98. The molecule has 0 bridgehead atoms. The SMILES string of the molecule is C[B]c1cccc(F)c1.O=C(CN1CCC[N+]2=C1CCC2)c1c2ccccc2cc2ccccc12. The van der Waals surface area contributed by atoms with Gasteiger partial charge in [-0.2, -0.15) is 0 Å². The Kier molecular flexibility index (Phi) is 6.94. The van der Waals surface area contributed by atoms with Crippen molar-refractivity contribution in [1.29, 1.82) is 0 Å². The van der Waals surface area contributed by atoms with Crippen LogP contribution in [0, 0.1) is 5.82 Å². The molecule has 0 saturated carbocycles. The molecule has 1 radical (unpaired) electrons. The van der Waals surface area contributed by atoms with Crippen molar-refractivity contribution in [1.82, 2.24) is 4.90 Å². The first-order valence-corrected chi connectivity index (χ1v) is 12.5. The predicted octanol–water partition coefficient (Wildman–Crippen LogP) is 5.29. The summed E-state index contributed by atoms with van der Waals surface area (Å²) in [5.74, 6) is 1.44. The number of rotatable bonds is 4. The van der Waals surface area contributed by atoms with Crippen molar-refractivity contribution in [3.63, 3.8) is 0 Å². The van der Waals surface area contributed by atoms with Gasteiger partial charge in [0.2, 0.25) is 11.6 Å². The summed E-state index contributed by atoms with van der Waals surface area (Å²) in [7, 11) is 1.86. The Bertz CT molecular complexity index is 1360. The molecule has 6 rings (SSSR count). The first-order valence-electron chi connectivity index (χ1n) is 12.5. The fourth-order valence-electron chi connectivity index (χ4n) is 5.32. The molecule has 0 fully saturated rings. The fourth-order valence-corrected chi connectivity index (χ4v) is 5.32. The molecule has 175 valence electrons. The summed E-state index contributed by atoms with van der Waals surface area (Å²) < 4.78 is 14.8. The van der Waals surface area contributed by atoms with Gasteiger partial charge in [-0.15, -0.1) is 0 Å². The molecule has 0 saturated heterocycles. The van der Waals surface area contributed by atoms with Gasteiger partial charge in [0.25, 0.3) is 0 Å². The Hall–Kier alpha value is -3.47. The zero-order chi connectivity index (χ0) is 24.2. The van der Waals surface area contributed by atoms with Gasteiger partial charge in [-0.1, -0.05) is 72.9 Å². The molecule has 0 amide bonds. The van der Waals surface area contributed by atoms with Crippen molar-refractivity contribution in [3.05, 3.63) is 90.2 Å². The molecule has 5 heteroatoms. The Morgan fingerprint density at radius 1 is 0.914 bits per heavy atom. The van der Waals surface area contributed by atoms with Crippen LogP contribution in [-0.2, 0) is 0 Å². The van der Waals surface area contributed by atoms with Crippen molar-refractivity contribution >= 4 is 45.9 Å². The molecule has 35 heavy (non-hydrogen) atoms. The lowest BCUT2D eigenvalue weighted by Gasteiger charge is -2.23. The topological polar surface area (TPSA) is 23.3 Å². The van der Waals surface area contributed by atoms with Crippen LogP contribution >= 0.6 is 0 Å². The second-order valence-corrected chi connectivity index (χ2v) is 9.24. The van der Waals surface area contributed by atoms with Gasteiger partial charge < -0.3 is 0 Å². The molecular weight excluding hydrogens is 434 g/mol. The van der Waals surface area contributed by atoms with Crippen molar-refractivity contribution < 1.29 is 13.8 Å². The molecule has 0 spiro atoms. The molecule has 4 aromatic rings. The van der Waals surface area contributed by atoms with Gasteiger partial charge in [-0.05, 0) is 46.2 Å². The monoisotopic (exact) mass is 464 g/mol.